The van der Waals surface area contributed by atoms with Gasteiger partial charge in [0.25, 0.3) is 0 Å². The van der Waals surface area contributed by atoms with Crippen LogP contribution in [0.3, 0.4) is 0 Å². The van der Waals surface area contributed by atoms with Crippen LogP contribution in [0.25, 0.3) is 11.3 Å². The summed E-state index contributed by atoms with van der Waals surface area (Å²) in [5, 5.41) is 12.2. The SMILES string of the molecule is COc1c(-c2cc(C(=O)O)on2)cc(Cl)c(F)c1OC. The summed E-state index contributed by atoms with van der Waals surface area (Å²) in [6.45, 7) is 0. The molecule has 0 spiro atoms. The number of nitrogens with zero attached hydrogens (tertiary/aromatic N) is 1. The number of carbonyl (C=O) groups is 1. The maximum absolute atomic E-state index is 13.8. The Bertz CT molecular complexity index is 670. The number of ether oxygens (including phenoxy) is 2. The lowest BCUT2D eigenvalue weighted by atomic mass is 10.1. The van der Waals surface area contributed by atoms with Gasteiger partial charge in [-0.3, -0.25) is 0 Å². The smallest absolute Gasteiger partial charge is 0.374 e. The first kappa shape index (κ1) is 14.1. The van der Waals surface area contributed by atoms with Crippen molar-refractivity contribution in [2.24, 2.45) is 0 Å². The van der Waals surface area contributed by atoms with E-state index in [1.165, 1.54) is 26.4 Å². The van der Waals surface area contributed by atoms with Gasteiger partial charge < -0.3 is 19.1 Å². The maximum atomic E-state index is 13.8. The summed E-state index contributed by atoms with van der Waals surface area (Å²) in [4.78, 5) is 10.8. The van der Waals surface area contributed by atoms with Crippen LogP contribution in [-0.4, -0.2) is 30.5 Å². The predicted molar refractivity (Wildman–Crippen MR) is 67.0 cm³/mol. The molecule has 0 saturated carbocycles. The summed E-state index contributed by atoms with van der Waals surface area (Å²) in [7, 11) is 2.57. The highest BCUT2D eigenvalue weighted by Gasteiger charge is 2.23. The van der Waals surface area contributed by atoms with Gasteiger partial charge in [0.05, 0.1) is 24.8 Å². The van der Waals surface area contributed by atoms with Crippen LogP contribution in [0.5, 0.6) is 11.5 Å². The summed E-state index contributed by atoms with van der Waals surface area (Å²) in [5.74, 6) is -2.57. The number of benzene rings is 1. The quantitative estimate of drug-likeness (QED) is 0.935. The highest BCUT2D eigenvalue weighted by Crippen LogP contribution is 2.42. The molecule has 0 unspecified atom stereocenters. The van der Waals surface area contributed by atoms with E-state index in [4.69, 9.17) is 26.2 Å². The lowest BCUT2D eigenvalue weighted by molar-refractivity contribution is 0.0652. The molecule has 0 aliphatic rings. The molecule has 0 amide bonds. The van der Waals surface area contributed by atoms with Gasteiger partial charge in [-0.05, 0) is 6.07 Å². The first-order chi connectivity index (χ1) is 9.49. The van der Waals surface area contributed by atoms with E-state index in [0.29, 0.717) is 0 Å². The molecule has 0 aliphatic heterocycles. The maximum Gasteiger partial charge on any atom is 0.374 e. The Labute approximate surface area is 117 Å². The lowest BCUT2D eigenvalue weighted by Gasteiger charge is -2.12. The minimum atomic E-state index is -1.28. The molecule has 106 valence electrons. The number of hydrogen-bond donors (Lipinski definition) is 1. The third-order valence-electron chi connectivity index (χ3n) is 2.54. The molecule has 8 heteroatoms. The Balaban J connectivity index is 2.66. The topological polar surface area (TPSA) is 81.8 Å². The first-order valence-electron chi connectivity index (χ1n) is 5.30. The van der Waals surface area contributed by atoms with Crippen molar-refractivity contribution >= 4 is 17.6 Å². The van der Waals surface area contributed by atoms with Crippen molar-refractivity contribution in [2.75, 3.05) is 14.2 Å². The third-order valence-corrected chi connectivity index (χ3v) is 2.81. The minimum absolute atomic E-state index is 0.0413. The summed E-state index contributed by atoms with van der Waals surface area (Å²) in [5.41, 5.74) is 0.395. The summed E-state index contributed by atoms with van der Waals surface area (Å²) < 4.78 is 28.4. The molecule has 0 aliphatic carbocycles. The fourth-order valence-corrected chi connectivity index (χ4v) is 1.86. The molecular formula is C12H9ClFNO5. The van der Waals surface area contributed by atoms with Gasteiger partial charge >= 0.3 is 5.97 Å². The number of aromatic nitrogens is 1. The number of carboxylic acids is 1. The van der Waals surface area contributed by atoms with Gasteiger partial charge in [0.1, 0.15) is 5.69 Å². The molecule has 0 atom stereocenters. The number of halogens is 2. The second-order valence-electron chi connectivity index (χ2n) is 3.67. The summed E-state index contributed by atoms with van der Waals surface area (Å²) in [6, 6.07) is 2.43. The Morgan fingerprint density at radius 1 is 1.35 bits per heavy atom. The molecule has 1 aromatic carbocycles. The second-order valence-corrected chi connectivity index (χ2v) is 4.08. The fourth-order valence-electron chi connectivity index (χ4n) is 1.66. The average Bonchev–Trinajstić information content (AvgIpc) is 2.90. The minimum Gasteiger partial charge on any atom is -0.492 e. The van der Waals surface area contributed by atoms with Crippen LogP contribution in [0.4, 0.5) is 4.39 Å². The Morgan fingerprint density at radius 2 is 2.00 bits per heavy atom. The Kier molecular flexibility index (Phi) is 3.80. The van der Waals surface area contributed by atoms with Gasteiger partial charge in [0.15, 0.2) is 17.3 Å². The zero-order valence-corrected chi connectivity index (χ0v) is 11.2. The second kappa shape index (κ2) is 5.38. The Morgan fingerprint density at radius 3 is 2.50 bits per heavy atom. The summed E-state index contributed by atoms with van der Waals surface area (Å²) >= 11 is 5.76. The molecule has 6 nitrogen and oxygen atoms in total. The molecule has 2 rings (SSSR count). The zero-order valence-electron chi connectivity index (χ0n) is 10.4. The largest absolute Gasteiger partial charge is 0.492 e. The van der Waals surface area contributed by atoms with Crippen LogP contribution in [0, 0.1) is 5.82 Å². The first-order valence-corrected chi connectivity index (χ1v) is 5.67. The van der Waals surface area contributed by atoms with Crippen LogP contribution < -0.4 is 9.47 Å². The fraction of sp³-hybridized carbons (Fsp3) is 0.167. The van der Waals surface area contributed by atoms with E-state index < -0.39 is 11.8 Å². The third kappa shape index (κ3) is 2.27. The monoisotopic (exact) mass is 301 g/mol. The van der Waals surface area contributed by atoms with E-state index in [1.807, 2.05) is 0 Å². The highest BCUT2D eigenvalue weighted by atomic mass is 35.5. The number of rotatable bonds is 4. The van der Waals surface area contributed by atoms with Gasteiger partial charge in [-0.15, -0.1) is 0 Å². The molecule has 0 bridgehead atoms. The standard InChI is InChI=1S/C12H9ClFNO5/c1-18-10-5(3-6(13)9(14)11(10)19-2)7-4-8(12(16)17)20-15-7/h3-4H,1-2H3,(H,16,17). The van der Waals surface area contributed by atoms with E-state index in [0.717, 1.165) is 0 Å². The van der Waals surface area contributed by atoms with Crippen molar-refractivity contribution in [1.29, 1.82) is 0 Å². The molecule has 0 radical (unpaired) electrons. The van der Waals surface area contributed by atoms with E-state index in [-0.39, 0.29) is 33.5 Å². The molecule has 20 heavy (non-hydrogen) atoms. The van der Waals surface area contributed by atoms with E-state index in [1.54, 1.807) is 0 Å². The van der Waals surface area contributed by atoms with Gasteiger partial charge in [0.2, 0.25) is 5.76 Å². The van der Waals surface area contributed by atoms with E-state index in [9.17, 15) is 9.18 Å². The van der Waals surface area contributed by atoms with E-state index >= 15 is 0 Å². The lowest BCUT2D eigenvalue weighted by Crippen LogP contribution is -1.97. The molecule has 1 heterocycles. The van der Waals surface area contributed by atoms with Crippen molar-refractivity contribution in [1.82, 2.24) is 5.16 Å². The van der Waals surface area contributed by atoms with Crippen LogP contribution >= 0.6 is 11.6 Å². The van der Waals surface area contributed by atoms with Crippen molar-refractivity contribution in [2.45, 2.75) is 0 Å². The van der Waals surface area contributed by atoms with Crippen LogP contribution in [0.2, 0.25) is 5.02 Å². The number of methoxy groups -OCH3 is 2. The zero-order chi connectivity index (χ0) is 14.9. The normalized spacial score (nSPS) is 10.4. The number of aromatic carboxylic acids is 1. The van der Waals surface area contributed by atoms with Crippen molar-refractivity contribution in [3.63, 3.8) is 0 Å². The van der Waals surface area contributed by atoms with Crippen LogP contribution in [0.1, 0.15) is 10.6 Å². The number of carboxylic acid groups (broad SMARTS) is 1. The van der Waals surface area contributed by atoms with Gasteiger partial charge in [-0.25, -0.2) is 9.18 Å². The van der Waals surface area contributed by atoms with Crippen molar-refractivity contribution < 1.29 is 28.3 Å². The summed E-state index contributed by atoms with van der Waals surface area (Å²) in [6.07, 6.45) is 0. The molecule has 1 N–H and O–H groups in total. The average molecular weight is 302 g/mol. The van der Waals surface area contributed by atoms with Crippen LogP contribution in [0.15, 0.2) is 16.7 Å². The van der Waals surface area contributed by atoms with Crippen molar-refractivity contribution in [3.05, 3.63) is 28.7 Å². The van der Waals surface area contributed by atoms with E-state index in [2.05, 4.69) is 9.68 Å². The molecule has 0 saturated heterocycles. The van der Waals surface area contributed by atoms with Crippen LogP contribution in [-0.2, 0) is 0 Å². The predicted octanol–water partition coefficient (Wildman–Crippen LogP) is 2.85. The van der Waals surface area contributed by atoms with Gasteiger partial charge in [0, 0.05) is 6.07 Å². The highest BCUT2D eigenvalue weighted by molar-refractivity contribution is 6.31. The van der Waals surface area contributed by atoms with Crippen molar-refractivity contribution in [3.8, 4) is 22.8 Å². The molecule has 2 aromatic rings. The number of hydrogen-bond acceptors (Lipinski definition) is 5. The molecule has 0 fully saturated rings. The molecular weight excluding hydrogens is 293 g/mol. The molecule has 1 aromatic heterocycles. The van der Waals surface area contributed by atoms with Gasteiger partial charge in [-0.2, -0.15) is 0 Å². The van der Waals surface area contributed by atoms with Gasteiger partial charge in [-0.1, -0.05) is 16.8 Å². The Hall–Kier alpha value is -2.28.